The van der Waals surface area contributed by atoms with Gasteiger partial charge in [-0.3, -0.25) is 4.79 Å². The molecule has 0 fully saturated rings. The van der Waals surface area contributed by atoms with Crippen LogP contribution in [0.3, 0.4) is 0 Å². The zero-order valence-corrected chi connectivity index (χ0v) is 9.41. The van der Waals surface area contributed by atoms with Gasteiger partial charge in [0, 0.05) is 3.57 Å². The molecule has 1 rings (SSSR count). The fourth-order valence-electron chi connectivity index (χ4n) is 0.917. The van der Waals surface area contributed by atoms with Crippen LogP contribution in [0.4, 0.5) is 0 Å². The van der Waals surface area contributed by atoms with Gasteiger partial charge < -0.3 is 10.4 Å². The third-order valence-electron chi connectivity index (χ3n) is 1.55. The van der Waals surface area contributed by atoms with Crippen molar-refractivity contribution >= 4 is 28.5 Å². The van der Waals surface area contributed by atoms with Crippen molar-refractivity contribution in [1.29, 1.82) is 0 Å². The SMILES string of the molecule is C#CCNC(=O)c1cc(I)ccc1O. The molecule has 1 aromatic carbocycles. The van der Waals surface area contributed by atoms with E-state index >= 15 is 0 Å². The Kier molecular flexibility index (Phi) is 3.77. The summed E-state index contributed by atoms with van der Waals surface area (Å²) in [4.78, 5) is 11.4. The number of nitrogens with one attached hydrogen (secondary N) is 1. The minimum Gasteiger partial charge on any atom is -0.507 e. The lowest BCUT2D eigenvalue weighted by molar-refractivity contribution is 0.0956. The van der Waals surface area contributed by atoms with Gasteiger partial charge in [-0.2, -0.15) is 0 Å². The van der Waals surface area contributed by atoms with E-state index in [-0.39, 0.29) is 23.8 Å². The van der Waals surface area contributed by atoms with Gasteiger partial charge in [-0.1, -0.05) is 5.92 Å². The Morgan fingerprint density at radius 2 is 2.36 bits per heavy atom. The smallest absolute Gasteiger partial charge is 0.255 e. The Hall–Kier alpha value is -1.22. The second kappa shape index (κ2) is 4.86. The minimum atomic E-state index is -0.362. The topological polar surface area (TPSA) is 49.3 Å². The molecule has 0 bridgehead atoms. The van der Waals surface area contributed by atoms with Crippen molar-refractivity contribution in [1.82, 2.24) is 5.32 Å². The molecule has 0 aliphatic rings. The van der Waals surface area contributed by atoms with Gasteiger partial charge in [-0.05, 0) is 40.8 Å². The fraction of sp³-hybridized carbons (Fsp3) is 0.100. The molecule has 14 heavy (non-hydrogen) atoms. The van der Waals surface area contributed by atoms with Crippen LogP contribution in [-0.4, -0.2) is 17.6 Å². The summed E-state index contributed by atoms with van der Waals surface area (Å²) in [6.07, 6.45) is 4.99. The highest BCUT2D eigenvalue weighted by molar-refractivity contribution is 14.1. The number of carbonyl (C=O) groups excluding carboxylic acids is 1. The Bertz CT molecular complexity index is 396. The molecule has 72 valence electrons. The number of hydrogen-bond donors (Lipinski definition) is 2. The zero-order chi connectivity index (χ0) is 10.6. The van der Waals surface area contributed by atoms with Crippen LogP contribution in [0.5, 0.6) is 5.75 Å². The van der Waals surface area contributed by atoms with E-state index in [2.05, 4.69) is 33.8 Å². The van der Waals surface area contributed by atoms with Crippen LogP contribution in [0.25, 0.3) is 0 Å². The predicted molar refractivity (Wildman–Crippen MR) is 62.0 cm³/mol. The van der Waals surface area contributed by atoms with E-state index in [0.717, 1.165) is 3.57 Å². The Balaban J connectivity index is 2.90. The standard InChI is InChI=1S/C10H8INO2/c1-2-5-12-10(14)8-6-7(11)3-4-9(8)13/h1,3-4,6,13H,5H2,(H,12,14). The van der Waals surface area contributed by atoms with Crippen molar-refractivity contribution in [3.8, 4) is 18.1 Å². The number of amides is 1. The van der Waals surface area contributed by atoms with Crippen molar-refractivity contribution in [2.24, 2.45) is 0 Å². The van der Waals surface area contributed by atoms with Gasteiger partial charge in [-0.25, -0.2) is 0 Å². The maximum atomic E-state index is 11.4. The van der Waals surface area contributed by atoms with Gasteiger partial charge in [0.1, 0.15) is 5.75 Å². The summed E-state index contributed by atoms with van der Waals surface area (Å²) in [6.45, 7) is 0.156. The molecule has 0 spiro atoms. The first kappa shape index (κ1) is 10.9. The molecule has 3 nitrogen and oxygen atoms in total. The van der Waals surface area contributed by atoms with Crippen molar-refractivity contribution in [2.45, 2.75) is 0 Å². The predicted octanol–water partition coefficient (Wildman–Crippen LogP) is 1.36. The van der Waals surface area contributed by atoms with Crippen molar-refractivity contribution in [2.75, 3.05) is 6.54 Å². The maximum absolute atomic E-state index is 11.4. The first-order valence-corrected chi connectivity index (χ1v) is 4.93. The van der Waals surface area contributed by atoms with Crippen LogP contribution in [0.15, 0.2) is 18.2 Å². The molecule has 0 aliphatic heterocycles. The third-order valence-corrected chi connectivity index (χ3v) is 2.23. The zero-order valence-electron chi connectivity index (χ0n) is 7.25. The lowest BCUT2D eigenvalue weighted by atomic mass is 10.2. The van der Waals surface area contributed by atoms with Crippen molar-refractivity contribution in [3.63, 3.8) is 0 Å². The Morgan fingerprint density at radius 3 is 3.00 bits per heavy atom. The number of rotatable bonds is 2. The van der Waals surface area contributed by atoms with Gasteiger partial charge in [0.15, 0.2) is 0 Å². The van der Waals surface area contributed by atoms with E-state index in [9.17, 15) is 9.90 Å². The van der Waals surface area contributed by atoms with Crippen molar-refractivity contribution < 1.29 is 9.90 Å². The first-order valence-electron chi connectivity index (χ1n) is 3.85. The fourth-order valence-corrected chi connectivity index (χ4v) is 1.41. The van der Waals surface area contributed by atoms with Crippen LogP contribution in [-0.2, 0) is 0 Å². The molecule has 0 aliphatic carbocycles. The van der Waals surface area contributed by atoms with Gasteiger partial charge in [0.25, 0.3) is 5.91 Å². The normalized spacial score (nSPS) is 9.14. The lowest BCUT2D eigenvalue weighted by Gasteiger charge is -2.04. The number of aromatic hydroxyl groups is 1. The van der Waals surface area contributed by atoms with Crippen molar-refractivity contribution in [3.05, 3.63) is 27.3 Å². The summed E-state index contributed by atoms with van der Waals surface area (Å²) in [5, 5.41) is 11.9. The van der Waals surface area contributed by atoms with Crippen LogP contribution in [0.1, 0.15) is 10.4 Å². The molecular formula is C10H8INO2. The van der Waals surface area contributed by atoms with E-state index in [1.165, 1.54) is 6.07 Å². The summed E-state index contributed by atoms with van der Waals surface area (Å²) in [7, 11) is 0. The Labute approximate surface area is 95.7 Å². The van der Waals surface area contributed by atoms with Gasteiger partial charge in [-0.15, -0.1) is 6.42 Å². The first-order chi connectivity index (χ1) is 6.65. The van der Waals surface area contributed by atoms with Crippen LogP contribution < -0.4 is 5.32 Å². The second-order valence-corrected chi connectivity index (χ2v) is 3.79. The molecule has 0 saturated carbocycles. The van der Waals surface area contributed by atoms with Gasteiger partial charge in [0.05, 0.1) is 12.1 Å². The number of phenolic OH excluding ortho intramolecular Hbond substituents is 1. The molecule has 0 atom stereocenters. The van der Waals surface area contributed by atoms with E-state index in [1.54, 1.807) is 12.1 Å². The second-order valence-electron chi connectivity index (χ2n) is 2.55. The molecule has 0 heterocycles. The van der Waals surface area contributed by atoms with E-state index in [1.807, 2.05) is 0 Å². The number of benzene rings is 1. The average Bonchev–Trinajstić information content (AvgIpc) is 2.18. The quantitative estimate of drug-likeness (QED) is 0.640. The minimum absolute atomic E-state index is 0.0417. The largest absolute Gasteiger partial charge is 0.507 e. The van der Waals surface area contributed by atoms with E-state index < -0.39 is 0 Å². The van der Waals surface area contributed by atoms with Crippen LogP contribution in [0, 0.1) is 15.9 Å². The van der Waals surface area contributed by atoms with Gasteiger partial charge in [0.2, 0.25) is 0 Å². The maximum Gasteiger partial charge on any atom is 0.255 e. The number of terminal acetylenes is 1. The number of hydrogen-bond acceptors (Lipinski definition) is 2. The summed E-state index contributed by atoms with van der Waals surface area (Å²) in [6, 6.07) is 4.79. The molecule has 0 aromatic heterocycles. The van der Waals surface area contributed by atoms with E-state index in [0.29, 0.717) is 0 Å². The van der Waals surface area contributed by atoms with Gasteiger partial charge >= 0.3 is 0 Å². The molecule has 0 unspecified atom stereocenters. The summed E-state index contributed by atoms with van der Waals surface area (Å²) in [5.41, 5.74) is 0.243. The average molecular weight is 301 g/mol. The number of carbonyl (C=O) groups is 1. The molecule has 2 N–H and O–H groups in total. The molecule has 4 heteroatoms. The van der Waals surface area contributed by atoms with Crippen LogP contribution >= 0.6 is 22.6 Å². The number of phenols is 1. The van der Waals surface area contributed by atoms with E-state index in [4.69, 9.17) is 6.42 Å². The molecule has 1 aromatic rings. The molecular weight excluding hydrogens is 293 g/mol. The Morgan fingerprint density at radius 1 is 1.64 bits per heavy atom. The monoisotopic (exact) mass is 301 g/mol. The molecule has 1 amide bonds. The third kappa shape index (κ3) is 2.64. The molecule has 0 saturated heterocycles. The summed E-state index contributed by atoms with van der Waals surface area (Å²) >= 11 is 2.06. The molecule has 0 radical (unpaired) electrons. The highest BCUT2D eigenvalue weighted by Gasteiger charge is 2.09. The lowest BCUT2D eigenvalue weighted by Crippen LogP contribution is -2.23. The highest BCUT2D eigenvalue weighted by Crippen LogP contribution is 2.19. The number of halogens is 1. The van der Waals surface area contributed by atoms with Crippen LogP contribution in [0.2, 0.25) is 0 Å². The highest BCUT2D eigenvalue weighted by atomic mass is 127. The summed E-state index contributed by atoms with van der Waals surface area (Å²) < 4.78 is 0.881. The summed E-state index contributed by atoms with van der Waals surface area (Å²) in [5.74, 6) is 1.88.